The zero-order chi connectivity index (χ0) is 17.3. The lowest BCUT2D eigenvalue weighted by atomic mass is 9.76. The number of rotatable bonds is 6. The largest absolute Gasteiger partial charge is 0.491 e. The van der Waals surface area contributed by atoms with Gasteiger partial charge in [0.25, 0.3) is 0 Å². The van der Waals surface area contributed by atoms with Gasteiger partial charge in [0.15, 0.2) is 0 Å². The Hall–Kier alpha value is -0.925. The van der Waals surface area contributed by atoms with Crippen LogP contribution in [0.3, 0.4) is 0 Å². The van der Waals surface area contributed by atoms with Crippen molar-refractivity contribution in [1.29, 1.82) is 0 Å². The van der Waals surface area contributed by atoms with Gasteiger partial charge < -0.3 is 14.8 Å². The summed E-state index contributed by atoms with van der Waals surface area (Å²) in [6, 6.07) is 5.80. The predicted molar refractivity (Wildman–Crippen MR) is 86.4 cm³/mol. The van der Waals surface area contributed by atoms with E-state index in [9.17, 15) is 18.5 Å². The summed E-state index contributed by atoms with van der Waals surface area (Å²) < 4.78 is 30.6. The minimum Gasteiger partial charge on any atom is -0.423 e. The molecule has 0 aromatic heterocycles. The van der Waals surface area contributed by atoms with Crippen molar-refractivity contribution in [1.82, 2.24) is 4.31 Å². The molecule has 0 heterocycles. The van der Waals surface area contributed by atoms with E-state index in [2.05, 4.69) is 0 Å². The van der Waals surface area contributed by atoms with Crippen LogP contribution in [0.1, 0.15) is 27.7 Å². The van der Waals surface area contributed by atoms with E-state index in [4.69, 9.17) is 4.65 Å². The molecule has 0 atom stereocenters. The Labute approximate surface area is 132 Å². The first-order valence-electron chi connectivity index (χ1n) is 6.90. The fourth-order valence-electron chi connectivity index (χ4n) is 1.51. The van der Waals surface area contributed by atoms with Gasteiger partial charge in [-0.2, -0.15) is 0 Å². The van der Waals surface area contributed by atoms with E-state index < -0.39 is 28.3 Å². The van der Waals surface area contributed by atoms with Crippen molar-refractivity contribution in [3.63, 3.8) is 0 Å². The Kier molecular flexibility index (Phi) is 5.47. The van der Waals surface area contributed by atoms with Gasteiger partial charge in [-0.3, -0.25) is 0 Å². The summed E-state index contributed by atoms with van der Waals surface area (Å²) in [5.74, 6) is 0. The van der Waals surface area contributed by atoms with Crippen molar-refractivity contribution >= 4 is 22.6 Å². The molecule has 0 radical (unpaired) electrons. The molecule has 0 amide bonds. The maximum Gasteiger partial charge on any atom is 0.491 e. The van der Waals surface area contributed by atoms with Gasteiger partial charge in [-0.25, -0.2) is 12.7 Å². The Bertz CT molecular complexity index is 605. The molecule has 0 spiro atoms. The lowest BCUT2D eigenvalue weighted by Crippen LogP contribution is -2.53. The van der Waals surface area contributed by atoms with Gasteiger partial charge in [-0.15, -0.1) is 0 Å². The zero-order valence-corrected chi connectivity index (χ0v) is 14.7. The fourth-order valence-corrected chi connectivity index (χ4v) is 2.41. The Morgan fingerprint density at radius 3 is 1.91 bits per heavy atom. The molecule has 1 rings (SSSR count). The molecule has 0 bridgehead atoms. The summed E-state index contributed by atoms with van der Waals surface area (Å²) in [4.78, 5) is 0.134. The number of hydrogen-bond donors (Lipinski definition) is 2. The van der Waals surface area contributed by atoms with Crippen LogP contribution in [0.5, 0.6) is 0 Å². The van der Waals surface area contributed by atoms with Gasteiger partial charge >= 0.3 is 7.12 Å². The van der Waals surface area contributed by atoms with E-state index >= 15 is 0 Å². The average Bonchev–Trinajstić information content (AvgIpc) is 2.36. The van der Waals surface area contributed by atoms with Crippen LogP contribution in [0.4, 0.5) is 0 Å². The van der Waals surface area contributed by atoms with Crippen molar-refractivity contribution in [3.8, 4) is 0 Å². The number of benzene rings is 1. The third-order valence-corrected chi connectivity index (χ3v) is 5.65. The van der Waals surface area contributed by atoms with Crippen LogP contribution in [-0.2, 0) is 14.7 Å². The lowest BCUT2D eigenvalue weighted by molar-refractivity contribution is -0.0982. The molecule has 8 heteroatoms. The highest BCUT2D eigenvalue weighted by molar-refractivity contribution is 7.89. The van der Waals surface area contributed by atoms with Crippen molar-refractivity contribution < 1.29 is 23.2 Å². The zero-order valence-electron chi connectivity index (χ0n) is 13.9. The van der Waals surface area contributed by atoms with Gasteiger partial charge in [0, 0.05) is 14.1 Å². The van der Waals surface area contributed by atoms with Gasteiger partial charge in [0.05, 0.1) is 16.1 Å². The van der Waals surface area contributed by atoms with E-state index in [0.29, 0.717) is 5.46 Å². The van der Waals surface area contributed by atoms with Crippen molar-refractivity contribution in [2.75, 3.05) is 14.1 Å². The molecule has 2 N–H and O–H groups in total. The van der Waals surface area contributed by atoms with Gasteiger partial charge in [0.2, 0.25) is 10.0 Å². The van der Waals surface area contributed by atoms with Gasteiger partial charge in [-0.05, 0) is 45.3 Å². The highest BCUT2D eigenvalue weighted by Crippen LogP contribution is 2.25. The summed E-state index contributed by atoms with van der Waals surface area (Å²) in [6.45, 7) is 6.52. The van der Waals surface area contributed by atoms with E-state index in [-0.39, 0.29) is 4.90 Å². The highest BCUT2D eigenvalue weighted by Gasteiger charge is 2.39. The normalized spacial score (nSPS) is 13.5. The third-order valence-electron chi connectivity index (χ3n) is 3.82. The SMILES string of the molecule is CN(C)S(=O)(=O)c1ccc(B(O)OC(C)(C)C(C)(C)O)cc1. The molecule has 0 aliphatic carbocycles. The summed E-state index contributed by atoms with van der Waals surface area (Å²) in [6.07, 6.45) is 0. The van der Waals surface area contributed by atoms with E-state index in [1.165, 1.54) is 38.4 Å². The van der Waals surface area contributed by atoms with Crippen molar-refractivity contribution in [2.45, 2.75) is 43.8 Å². The Morgan fingerprint density at radius 1 is 1.09 bits per heavy atom. The Morgan fingerprint density at radius 2 is 1.55 bits per heavy atom. The molecule has 0 aliphatic heterocycles. The van der Waals surface area contributed by atoms with Crippen LogP contribution in [0.15, 0.2) is 29.2 Å². The van der Waals surface area contributed by atoms with E-state index in [1.807, 2.05) is 0 Å². The number of hydrogen-bond acceptors (Lipinski definition) is 5. The van der Waals surface area contributed by atoms with Crippen LogP contribution in [-0.4, -0.2) is 55.3 Å². The maximum absolute atomic E-state index is 12.0. The standard InChI is InChI=1S/C14H24BNO5S/c1-13(2,17)14(3,4)21-15(18)11-7-9-12(10-8-11)22(19,20)16(5)6/h7-10,17-18H,1-6H3. The summed E-state index contributed by atoms with van der Waals surface area (Å²) in [5, 5.41) is 20.2. The molecule has 124 valence electrons. The molecule has 0 unspecified atom stereocenters. The topological polar surface area (TPSA) is 87.1 Å². The molecule has 0 aliphatic rings. The maximum atomic E-state index is 12.0. The quantitative estimate of drug-likeness (QED) is 0.728. The first-order valence-corrected chi connectivity index (χ1v) is 8.34. The van der Waals surface area contributed by atoms with Crippen LogP contribution in [0.25, 0.3) is 0 Å². The number of aliphatic hydroxyl groups is 1. The summed E-state index contributed by atoms with van der Waals surface area (Å²) in [5.41, 5.74) is -1.72. The molecule has 1 aromatic carbocycles. The molecule has 22 heavy (non-hydrogen) atoms. The average molecular weight is 329 g/mol. The van der Waals surface area contributed by atoms with Crippen LogP contribution < -0.4 is 5.46 Å². The lowest BCUT2D eigenvalue weighted by Gasteiger charge is -2.38. The second kappa shape index (κ2) is 6.29. The Balaban J connectivity index is 2.97. The second-order valence-electron chi connectivity index (χ2n) is 6.40. The van der Waals surface area contributed by atoms with Crippen molar-refractivity contribution in [3.05, 3.63) is 24.3 Å². The van der Waals surface area contributed by atoms with Crippen LogP contribution in [0.2, 0.25) is 0 Å². The van der Waals surface area contributed by atoms with Gasteiger partial charge in [0.1, 0.15) is 0 Å². The van der Waals surface area contributed by atoms with Crippen LogP contribution in [0, 0.1) is 0 Å². The second-order valence-corrected chi connectivity index (χ2v) is 8.55. The van der Waals surface area contributed by atoms with Gasteiger partial charge in [-0.1, -0.05) is 12.1 Å². The summed E-state index contributed by atoms with van der Waals surface area (Å²) >= 11 is 0. The molecule has 6 nitrogen and oxygen atoms in total. The van der Waals surface area contributed by atoms with E-state index in [0.717, 1.165) is 4.31 Å². The molecule has 1 aromatic rings. The fraction of sp³-hybridized carbons (Fsp3) is 0.571. The summed E-state index contributed by atoms with van der Waals surface area (Å²) in [7, 11) is -1.87. The highest BCUT2D eigenvalue weighted by atomic mass is 32.2. The van der Waals surface area contributed by atoms with Crippen LogP contribution >= 0.6 is 0 Å². The minimum absolute atomic E-state index is 0.134. The monoisotopic (exact) mass is 329 g/mol. The predicted octanol–water partition coefficient (Wildman–Crippen LogP) is 0.190. The number of sulfonamides is 1. The first kappa shape index (κ1) is 19.1. The molecule has 0 fully saturated rings. The molecule has 0 saturated heterocycles. The molecular formula is C14H24BNO5S. The molecule has 0 saturated carbocycles. The van der Waals surface area contributed by atoms with E-state index in [1.54, 1.807) is 27.7 Å². The number of nitrogens with zero attached hydrogens (tertiary/aromatic N) is 1. The third kappa shape index (κ3) is 4.08. The minimum atomic E-state index is -3.51. The first-order chi connectivity index (χ1) is 9.79. The molecular weight excluding hydrogens is 305 g/mol. The van der Waals surface area contributed by atoms with Crippen molar-refractivity contribution in [2.24, 2.45) is 0 Å². The smallest absolute Gasteiger partial charge is 0.423 e.